The summed E-state index contributed by atoms with van der Waals surface area (Å²) < 4.78 is 20.4. The highest BCUT2D eigenvalue weighted by molar-refractivity contribution is 5.96. The molecule has 7 nitrogen and oxygen atoms in total. The van der Waals surface area contributed by atoms with Crippen molar-refractivity contribution in [2.45, 2.75) is 13.3 Å². The van der Waals surface area contributed by atoms with Crippen LogP contribution < -0.4 is 11.1 Å². The summed E-state index contributed by atoms with van der Waals surface area (Å²) in [6, 6.07) is 15.7. The van der Waals surface area contributed by atoms with Crippen molar-refractivity contribution in [3.63, 3.8) is 0 Å². The number of nitrogens with one attached hydrogen (secondary N) is 1. The number of carbonyl (C=O) groups excluding carboxylic acids is 2. The average Bonchev–Trinajstić information content (AvgIpc) is 3.17. The van der Waals surface area contributed by atoms with Crippen LogP contribution in [0.4, 0.5) is 16.1 Å². The molecule has 2 amide bonds. The summed E-state index contributed by atoms with van der Waals surface area (Å²) in [7, 11) is 3.42. The van der Waals surface area contributed by atoms with E-state index < -0.39 is 11.7 Å². The maximum Gasteiger partial charge on any atom is 0.300 e. The monoisotopic (exact) mass is 446 g/mol. The van der Waals surface area contributed by atoms with Gasteiger partial charge in [-0.25, -0.2) is 4.39 Å². The summed E-state index contributed by atoms with van der Waals surface area (Å²) in [6.45, 7) is 1.86. The fourth-order valence-corrected chi connectivity index (χ4v) is 3.62. The zero-order chi connectivity index (χ0) is 23.7. The highest BCUT2D eigenvalue weighted by atomic mass is 19.1. The van der Waals surface area contributed by atoms with Gasteiger partial charge in [0.2, 0.25) is 5.91 Å². The van der Waals surface area contributed by atoms with Gasteiger partial charge < -0.3 is 20.4 Å². The van der Waals surface area contributed by atoms with E-state index in [1.807, 2.05) is 25.1 Å². The minimum atomic E-state index is -0.593. The first-order valence-electron chi connectivity index (χ1n) is 10.3. The van der Waals surface area contributed by atoms with E-state index in [0.29, 0.717) is 27.8 Å². The fourth-order valence-electron chi connectivity index (χ4n) is 3.62. The summed E-state index contributed by atoms with van der Waals surface area (Å²) in [6.07, 6.45) is -0.162. The molecule has 4 aromatic rings. The number of halogens is 1. The van der Waals surface area contributed by atoms with Gasteiger partial charge in [-0.15, -0.1) is 0 Å². The van der Waals surface area contributed by atoms with Gasteiger partial charge in [0, 0.05) is 30.9 Å². The Morgan fingerprint density at radius 3 is 2.58 bits per heavy atom. The van der Waals surface area contributed by atoms with Crippen molar-refractivity contribution < 1.29 is 18.4 Å². The van der Waals surface area contributed by atoms with E-state index >= 15 is 0 Å². The van der Waals surface area contributed by atoms with E-state index in [0.717, 1.165) is 11.3 Å². The number of nitrogens with zero attached hydrogens (tertiary/aromatic N) is 2. The third kappa shape index (κ3) is 4.55. The number of rotatable bonds is 6. The molecule has 0 saturated heterocycles. The Balaban J connectivity index is 1.65. The van der Waals surface area contributed by atoms with Crippen molar-refractivity contribution in [2.75, 3.05) is 19.4 Å². The van der Waals surface area contributed by atoms with Crippen LogP contribution in [0.2, 0.25) is 0 Å². The lowest BCUT2D eigenvalue weighted by Crippen LogP contribution is -2.22. The maximum atomic E-state index is 14.5. The summed E-state index contributed by atoms with van der Waals surface area (Å²) in [5, 5.41) is 3.12. The lowest BCUT2D eigenvalue weighted by molar-refractivity contribution is -0.117. The van der Waals surface area contributed by atoms with Crippen molar-refractivity contribution in [3.05, 3.63) is 77.1 Å². The van der Waals surface area contributed by atoms with E-state index in [1.54, 1.807) is 44.4 Å². The normalized spacial score (nSPS) is 10.9. The summed E-state index contributed by atoms with van der Waals surface area (Å²) in [5.41, 5.74) is 9.94. The fraction of sp³-hybridized carbons (Fsp3) is 0.160. The zero-order valence-electron chi connectivity index (χ0n) is 18.5. The van der Waals surface area contributed by atoms with Crippen molar-refractivity contribution in [2.24, 2.45) is 5.73 Å². The Kier molecular flexibility index (Phi) is 5.83. The Morgan fingerprint density at radius 2 is 1.91 bits per heavy atom. The first-order valence-corrected chi connectivity index (χ1v) is 10.3. The zero-order valence-corrected chi connectivity index (χ0v) is 18.5. The lowest BCUT2D eigenvalue weighted by Gasteiger charge is -2.13. The number of fused-ring (bicyclic) bond motifs is 1. The Labute approximate surface area is 190 Å². The smallest absolute Gasteiger partial charge is 0.300 e. The number of benzene rings is 3. The van der Waals surface area contributed by atoms with Crippen molar-refractivity contribution >= 4 is 34.6 Å². The van der Waals surface area contributed by atoms with E-state index in [2.05, 4.69) is 10.3 Å². The van der Waals surface area contributed by atoms with Crippen LogP contribution >= 0.6 is 0 Å². The number of para-hydroxylation sites is 1. The van der Waals surface area contributed by atoms with E-state index in [1.165, 1.54) is 11.0 Å². The van der Waals surface area contributed by atoms with Gasteiger partial charge in [0.05, 0.1) is 6.42 Å². The second kappa shape index (κ2) is 8.74. The van der Waals surface area contributed by atoms with Gasteiger partial charge >= 0.3 is 0 Å². The molecule has 1 aromatic heterocycles. The number of hydrogen-bond acceptors (Lipinski definition) is 5. The largest absolute Gasteiger partial charge is 0.423 e. The number of primary amides is 1. The van der Waals surface area contributed by atoms with Gasteiger partial charge in [-0.05, 0) is 53.9 Å². The van der Waals surface area contributed by atoms with Crippen LogP contribution in [0.1, 0.15) is 21.5 Å². The van der Waals surface area contributed by atoms with Gasteiger partial charge in [-0.1, -0.05) is 24.3 Å². The molecule has 168 valence electrons. The topological polar surface area (TPSA) is 101 Å². The summed E-state index contributed by atoms with van der Waals surface area (Å²) in [5.74, 6) is -1.17. The third-order valence-corrected chi connectivity index (χ3v) is 5.26. The lowest BCUT2D eigenvalue weighted by atomic mass is 10.0. The number of aryl methyl sites for hydroxylation is 1. The molecular formula is C25H23FN4O3. The minimum Gasteiger partial charge on any atom is -0.423 e. The molecule has 4 rings (SSSR count). The molecule has 0 aliphatic rings. The van der Waals surface area contributed by atoms with Crippen LogP contribution in [0.15, 0.2) is 59.0 Å². The Hall–Kier alpha value is -4.20. The summed E-state index contributed by atoms with van der Waals surface area (Å²) >= 11 is 0. The Morgan fingerprint density at radius 1 is 1.12 bits per heavy atom. The molecule has 0 radical (unpaired) electrons. The molecule has 0 spiro atoms. The van der Waals surface area contributed by atoms with E-state index in [-0.39, 0.29) is 23.9 Å². The second-order valence-electron chi connectivity index (χ2n) is 7.98. The number of oxazole rings is 1. The predicted molar refractivity (Wildman–Crippen MR) is 125 cm³/mol. The highest BCUT2D eigenvalue weighted by Gasteiger charge is 2.15. The number of amides is 2. The number of carbonyl (C=O) groups is 2. The van der Waals surface area contributed by atoms with Crippen molar-refractivity contribution in [1.29, 1.82) is 0 Å². The SMILES string of the molecule is Cc1cc(Nc2nc3cccc(-c4ccc(CC(N)=O)c(F)c4)c3o2)ccc1C(=O)N(C)C. The standard InChI is InChI=1S/C25H23FN4O3/c1-14-11-17(9-10-18(14)24(32)30(2)3)28-25-29-21-6-4-5-19(23(21)33-25)15-7-8-16(13-22(27)31)20(26)12-15/h4-12H,13H2,1-3H3,(H2,27,31)(H,28,29). The van der Waals surface area contributed by atoms with Crippen molar-refractivity contribution in [1.82, 2.24) is 9.88 Å². The molecule has 0 unspecified atom stereocenters. The molecule has 0 atom stereocenters. The van der Waals surface area contributed by atoms with Crippen LogP contribution in [0, 0.1) is 12.7 Å². The van der Waals surface area contributed by atoms with Crippen LogP contribution in [0.3, 0.4) is 0 Å². The van der Waals surface area contributed by atoms with Gasteiger partial charge in [-0.2, -0.15) is 4.98 Å². The number of nitrogens with two attached hydrogens (primary N) is 1. The molecule has 8 heteroatoms. The molecule has 3 N–H and O–H groups in total. The molecule has 0 aliphatic carbocycles. The maximum absolute atomic E-state index is 14.5. The molecule has 0 aliphatic heterocycles. The third-order valence-electron chi connectivity index (χ3n) is 5.26. The van der Waals surface area contributed by atoms with Crippen LogP contribution in [-0.4, -0.2) is 35.8 Å². The Bertz CT molecular complexity index is 1380. The van der Waals surface area contributed by atoms with Crippen LogP contribution in [0.5, 0.6) is 0 Å². The molecule has 0 fully saturated rings. The first kappa shape index (κ1) is 22.0. The molecular weight excluding hydrogens is 423 g/mol. The number of aromatic nitrogens is 1. The molecule has 1 heterocycles. The second-order valence-corrected chi connectivity index (χ2v) is 7.98. The van der Waals surface area contributed by atoms with Crippen LogP contribution in [-0.2, 0) is 11.2 Å². The van der Waals surface area contributed by atoms with Gasteiger partial charge in [0.1, 0.15) is 11.3 Å². The van der Waals surface area contributed by atoms with Gasteiger partial charge in [0.15, 0.2) is 5.58 Å². The number of hydrogen-bond donors (Lipinski definition) is 2. The first-order chi connectivity index (χ1) is 15.7. The van der Waals surface area contributed by atoms with Gasteiger partial charge in [-0.3, -0.25) is 9.59 Å². The molecule has 0 saturated carbocycles. The predicted octanol–water partition coefficient (Wildman–Crippen LogP) is 4.42. The summed E-state index contributed by atoms with van der Waals surface area (Å²) in [4.78, 5) is 29.4. The minimum absolute atomic E-state index is 0.0698. The highest BCUT2D eigenvalue weighted by Crippen LogP contribution is 2.32. The van der Waals surface area contributed by atoms with E-state index in [9.17, 15) is 14.0 Å². The molecule has 3 aromatic carbocycles. The quantitative estimate of drug-likeness (QED) is 0.457. The van der Waals surface area contributed by atoms with Crippen LogP contribution in [0.25, 0.3) is 22.2 Å². The van der Waals surface area contributed by atoms with Gasteiger partial charge in [0.25, 0.3) is 11.9 Å². The molecule has 33 heavy (non-hydrogen) atoms. The molecule has 0 bridgehead atoms. The number of anilines is 2. The van der Waals surface area contributed by atoms with E-state index in [4.69, 9.17) is 10.2 Å². The van der Waals surface area contributed by atoms with Crippen molar-refractivity contribution in [3.8, 4) is 11.1 Å². The average molecular weight is 446 g/mol.